The van der Waals surface area contributed by atoms with Gasteiger partial charge in [0, 0.05) is 55.8 Å². The number of likely N-dealkylation sites (tertiary alicyclic amines) is 1. The van der Waals surface area contributed by atoms with E-state index in [9.17, 15) is 14.4 Å². The molecule has 4 rings (SSSR count). The quantitative estimate of drug-likeness (QED) is 0.443. The van der Waals surface area contributed by atoms with Gasteiger partial charge in [-0.2, -0.15) is 0 Å². The topological polar surface area (TPSA) is 94.4 Å². The summed E-state index contributed by atoms with van der Waals surface area (Å²) in [6.45, 7) is 7.85. The van der Waals surface area contributed by atoms with Crippen LogP contribution in [-0.2, 0) is 32.0 Å². The van der Waals surface area contributed by atoms with E-state index in [-0.39, 0.29) is 37.2 Å². The first-order chi connectivity index (χ1) is 17.2. The van der Waals surface area contributed by atoms with Crippen molar-refractivity contribution in [3.63, 3.8) is 0 Å². The summed E-state index contributed by atoms with van der Waals surface area (Å²) in [5.41, 5.74) is 1.78. The monoisotopic (exact) mass is 514 g/mol. The number of hydrogen-bond donors (Lipinski definition) is 0. The Bertz CT molecular complexity index is 1140. The maximum Gasteiger partial charge on any atom is 0.303 e. The summed E-state index contributed by atoms with van der Waals surface area (Å²) < 4.78 is 7.18. The minimum atomic E-state index is -0.508. The average molecular weight is 515 g/mol. The van der Waals surface area contributed by atoms with Gasteiger partial charge >= 0.3 is 5.97 Å². The lowest BCUT2D eigenvalue weighted by Crippen LogP contribution is -2.33. The third-order valence-electron chi connectivity index (χ3n) is 7.21. The van der Waals surface area contributed by atoms with Crippen molar-refractivity contribution in [3.05, 3.63) is 46.0 Å². The summed E-state index contributed by atoms with van der Waals surface area (Å²) in [5.74, 6) is 0.844. The first-order valence-electron chi connectivity index (χ1n) is 12.8. The molecule has 1 aromatic carbocycles. The van der Waals surface area contributed by atoms with Gasteiger partial charge in [-0.3, -0.25) is 14.4 Å². The van der Waals surface area contributed by atoms with Crippen molar-refractivity contribution in [1.29, 1.82) is 0 Å². The Morgan fingerprint density at radius 3 is 2.58 bits per heavy atom. The summed E-state index contributed by atoms with van der Waals surface area (Å²) in [6.07, 6.45) is 4.23. The molecule has 1 saturated carbocycles. The van der Waals surface area contributed by atoms with Crippen LogP contribution in [0.15, 0.2) is 18.2 Å². The number of halogens is 1. The molecule has 0 radical (unpaired) electrons. The highest BCUT2D eigenvalue weighted by atomic mass is 35.5. The third-order valence-corrected chi connectivity index (χ3v) is 7.62. The van der Waals surface area contributed by atoms with Gasteiger partial charge in [-0.1, -0.05) is 37.6 Å². The molecule has 2 fully saturated rings. The number of Topliss-reactive ketones (excluding diaryl/α,β-unsaturated/α-hetero) is 1. The van der Waals surface area contributed by atoms with E-state index in [1.165, 1.54) is 6.92 Å². The molecule has 2 aliphatic rings. The fourth-order valence-corrected chi connectivity index (χ4v) is 5.12. The van der Waals surface area contributed by atoms with Gasteiger partial charge in [-0.15, -0.1) is 10.2 Å². The van der Waals surface area contributed by atoms with Gasteiger partial charge in [-0.05, 0) is 49.3 Å². The zero-order valence-electron chi connectivity index (χ0n) is 21.5. The number of rotatable bonds is 10. The maximum absolute atomic E-state index is 13.7. The van der Waals surface area contributed by atoms with E-state index in [2.05, 4.69) is 28.6 Å². The number of aryl methyl sites for hydroxylation is 1. The summed E-state index contributed by atoms with van der Waals surface area (Å²) in [7, 11) is 0. The molecule has 1 saturated heterocycles. The minimum absolute atomic E-state index is 0.0437. The van der Waals surface area contributed by atoms with E-state index in [1.54, 1.807) is 4.90 Å². The summed E-state index contributed by atoms with van der Waals surface area (Å²) >= 11 is 6.30. The lowest BCUT2D eigenvalue weighted by molar-refractivity contribution is -0.149. The Morgan fingerprint density at radius 2 is 1.92 bits per heavy atom. The zero-order valence-corrected chi connectivity index (χ0v) is 22.3. The number of esters is 1. The van der Waals surface area contributed by atoms with Crippen LogP contribution in [0.2, 0.25) is 5.02 Å². The van der Waals surface area contributed by atoms with E-state index in [0.717, 1.165) is 48.5 Å². The first kappa shape index (κ1) is 26.3. The molecule has 1 aromatic heterocycles. The van der Waals surface area contributed by atoms with Crippen molar-refractivity contribution in [2.45, 2.75) is 71.8 Å². The molecule has 0 bridgehead atoms. The Kier molecular flexibility index (Phi) is 8.13. The Hall–Kier alpha value is -2.74. The van der Waals surface area contributed by atoms with Crippen molar-refractivity contribution in [1.82, 2.24) is 19.7 Å². The molecule has 0 spiro atoms. The number of ketones is 1. The van der Waals surface area contributed by atoms with E-state index < -0.39 is 11.9 Å². The molecule has 36 heavy (non-hydrogen) atoms. The lowest BCUT2D eigenvalue weighted by Gasteiger charge is -2.19. The van der Waals surface area contributed by atoms with E-state index in [0.29, 0.717) is 23.5 Å². The molecule has 2 heterocycles. The maximum atomic E-state index is 13.7. The van der Waals surface area contributed by atoms with Crippen LogP contribution in [0.1, 0.15) is 74.8 Å². The van der Waals surface area contributed by atoms with Gasteiger partial charge in [0.15, 0.2) is 6.61 Å². The number of nitrogens with zero attached hydrogens (tertiary/aromatic N) is 4. The predicted molar refractivity (Wildman–Crippen MR) is 136 cm³/mol. The Balaban J connectivity index is 1.63. The fourth-order valence-electron chi connectivity index (χ4n) is 4.92. The highest BCUT2D eigenvalue weighted by Crippen LogP contribution is 2.42. The van der Waals surface area contributed by atoms with Crippen LogP contribution in [0.4, 0.5) is 0 Å². The smallest absolute Gasteiger partial charge is 0.303 e. The van der Waals surface area contributed by atoms with Gasteiger partial charge < -0.3 is 14.2 Å². The van der Waals surface area contributed by atoms with Crippen LogP contribution >= 0.6 is 11.6 Å². The molecular weight excluding hydrogens is 480 g/mol. The van der Waals surface area contributed by atoms with Gasteiger partial charge in [0.05, 0.1) is 0 Å². The molecular formula is C27H35ClN4O4. The normalized spacial score (nSPS) is 19.7. The first-order valence-corrected chi connectivity index (χ1v) is 13.1. The van der Waals surface area contributed by atoms with Gasteiger partial charge in [0.25, 0.3) is 5.91 Å². The number of carbonyl (C=O) groups is 3. The lowest BCUT2D eigenvalue weighted by atomic mass is 9.87. The zero-order chi connectivity index (χ0) is 26.0. The average Bonchev–Trinajstić information content (AvgIpc) is 3.42. The third kappa shape index (κ3) is 5.97. The Morgan fingerprint density at radius 1 is 1.17 bits per heavy atom. The second-order valence-electron chi connectivity index (χ2n) is 10.5. The van der Waals surface area contributed by atoms with Crippen molar-refractivity contribution in [2.24, 2.45) is 11.8 Å². The van der Waals surface area contributed by atoms with Gasteiger partial charge in [0.2, 0.25) is 0 Å². The Labute approximate surface area is 217 Å². The van der Waals surface area contributed by atoms with Gasteiger partial charge in [0.1, 0.15) is 17.4 Å². The fraction of sp³-hybridized carbons (Fsp3) is 0.593. The molecule has 2 atom stereocenters. The van der Waals surface area contributed by atoms with Crippen LogP contribution in [0.5, 0.6) is 0 Å². The summed E-state index contributed by atoms with van der Waals surface area (Å²) in [5, 5.41) is 9.76. The standard InChI is InChI=1S/C27H35ClN4O4/c1-16(2)8-11-25-29-30-27(32(25)20-9-10-20)22-14-31(26(35)15-36-18(4)33)13-21(22)24(34)12-19-6-5-7-23(28)17(19)3/h5-7,16,20-22H,8-15H2,1-4H3/t21-,22-/m0/s1. The number of aromatic nitrogens is 3. The molecule has 0 unspecified atom stereocenters. The number of amides is 1. The molecule has 1 aliphatic heterocycles. The van der Waals surface area contributed by atoms with Crippen LogP contribution in [0, 0.1) is 18.8 Å². The van der Waals surface area contributed by atoms with Crippen molar-refractivity contribution in [2.75, 3.05) is 19.7 Å². The summed E-state index contributed by atoms with van der Waals surface area (Å²) in [6, 6.07) is 5.94. The number of benzene rings is 1. The predicted octanol–water partition coefficient (Wildman–Crippen LogP) is 4.08. The second kappa shape index (κ2) is 11.1. The van der Waals surface area contributed by atoms with Crippen molar-refractivity contribution < 1.29 is 19.1 Å². The summed E-state index contributed by atoms with van der Waals surface area (Å²) in [4.78, 5) is 39.4. The minimum Gasteiger partial charge on any atom is -0.456 e. The number of ether oxygens (including phenoxy) is 1. The molecule has 9 heteroatoms. The molecule has 2 aromatic rings. The highest BCUT2D eigenvalue weighted by Gasteiger charge is 2.44. The highest BCUT2D eigenvalue weighted by molar-refractivity contribution is 6.31. The molecule has 8 nitrogen and oxygen atoms in total. The van der Waals surface area contributed by atoms with Crippen LogP contribution in [0.3, 0.4) is 0 Å². The molecule has 194 valence electrons. The number of carbonyl (C=O) groups excluding carboxylic acids is 3. The van der Waals surface area contributed by atoms with Crippen molar-refractivity contribution >= 4 is 29.3 Å². The van der Waals surface area contributed by atoms with Crippen LogP contribution in [-0.4, -0.2) is 57.0 Å². The van der Waals surface area contributed by atoms with E-state index in [1.807, 2.05) is 25.1 Å². The van der Waals surface area contributed by atoms with Crippen molar-refractivity contribution in [3.8, 4) is 0 Å². The molecule has 1 amide bonds. The molecule has 1 aliphatic carbocycles. The van der Waals surface area contributed by atoms with Crippen LogP contribution < -0.4 is 0 Å². The largest absolute Gasteiger partial charge is 0.456 e. The molecule has 0 N–H and O–H groups in total. The van der Waals surface area contributed by atoms with E-state index >= 15 is 0 Å². The second-order valence-corrected chi connectivity index (χ2v) is 10.9. The van der Waals surface area contributed by atoms with Gasteiger partial charge in [-0.25, -0.2) is 0 Å². The van der Waals surface area contributed by atoms with Crippen LogP contribution in [0.25, 0.3) is 0 Å². The van der Waals surface area contributed by atoms with E-state index in [4.69, 9.17) is 16.3 Å². The SMILES string of the molecule is CC(=O)OCC(=O)N1C[C@H](C(=O)Cc2cccc(Cl)c2C)[C@@H](c2nnc(CCC(C)C)n2C2CC2)C1. The number of hydrogen-bond acceptors (Lipinski definition) is 6.